The summed E-state index contributed by atoms with van der Waals surface area (Å²) < 4.78 is 0. The molecule has 0 spiro atoms. The third-order valence-electron chi connectivity index (χ3n) is 3.37. The zero-order valence-electron chi connectivity index (χ0n) is 11.9. The van der Waals surface area contributed by atoms with Crippen LogP contribution >= 0.6 is 0 Å². The van der Waals surface area contributed by atoms with Crippen molar-refractivity contribution in [3.8, 4) is 0 Å². The Balaban J connectivity index is 2.27. The average molecular weight is 298 g/mol. The lowest BCUT2D eigenvalue weighted by atomic mass is 9.97. The Bertz CT molecular complexity index is 420. The van der Waals surface area contributed by atoms with Crippen LogP contribution in [0.5, 0.6) is 0 Å². The van der Waals surface area contributed by atoms with Gasteiger partial charge >= 0.3 is 18.0 Å². The Hall–Kier alpha value is -2.05. The zero-order chi connectivity index (χ0) is 15.7. The van der Waals surface area contributed by atoms with E-state index < -0.39 is 24.0 Å². The molecule has 7 nitrogen and oxygen atoms in total. The monoisotopic (exact) mass is 298 g/mol. The van der Waals surface area contributed by atoms with Crippen LogP contribution in [0, 0.1) is 0 Å². The summed E-state index contributed by atoms with van der Waals surface area (Å²) in [6.07, 6.45) is 7.04. The summed E-state index contributed by atoms with van der Waals surface area (Å²) in [6, 6.07) is -1.76. The van der Waals surface area contributed by atoms with Crippen LogP contribution in [0.1, 0.15) is 44.9 Å². The molecule has 1 atom stereocenters. The van der Waals surface area contributed by atoms with Gasteiger partial charge in [-0.3, -0.25) is 4.79 Å². The van der Waals surface area contributed by atoms with Gasteiger partial charge in [0.2, 0.25) is 0 Å². The lowest BCUT2D eigenvalue weighted by Gasteiger charge is -2.16. The molecule has 2 amide bonds. The fourth-order valence-corrected chi connectivity index (χ4v) is 2.20. The van der Waals surface area contributed by atoms with Crippen LogP contribution in [0.3, 0.4) is 0 Å². The maximum absolute atomic E-state index is 11.6. The lowest BCUT2D eigenvalue weighted by Crippen LogP contribution is -2.46. The van der Waals surface area contributed by atoms with E-state index in [1.807, 2.05) is 0 Å². The van der Waals surface area contributed by atoms with Crippen molar-refractivity contribution in [2.45, 2.75) is 51.0 Å². The molecule has 118 valence electrons. The summed E-state index contributed by atoms with van der Waals surface area (Å²) in [5, 5.41) is 22.3. The fourth-order valence-electron chi connectivity index (χ4n) is 2.20. The van der Waals surface area contributed by atoms with E-state index in [0.717, 1.165) is 19.3 Å². The third-order valence-corrected chi connectivity index (χ3v) is 3.37. The number of allylic oxidation sites excluding steroid dienone is 1. The number of hydrogen-bond acceptors (Lipinski definition) is 3. The van der Waals surface area contributed by atoms with Crippen molar-refractivity contribution in [1.82, 2.24) is 10.6 Å². The normalized spacial score (nSPS) is 15.7. The average Bonchev–Trinajstić information content (AvgIpc) is 2.44. The summed E-state index contributed by atoms with van der Waals surface area (Å²) >= 11 is 0. The van der Waals surface area contributed by atoms with Gasteiger partial charge in [0, 0.05) is 13.0 Å². The number of carbonyl (C=O) groups excluding carboxylic acids is 1. The molecule has 1 aliphatic rings. The number of rotatable bonds is 8. The minimum absolute atomic E-state index is 0.136. The van der Waals surface area contributed by atoms with Gasteiger partial charge < -0.3 is 20.8 Å². The molecule has 1 rings (SSSR count). The highest BCUT2D eigenvalue weighted by molar-refractivity contribution is 5.82. The summed E-state index contributed by atoms with van der Waals surface area (Å²) in [6.45, 7) is 0.447. The third kappa shape index (κ3) is 7.34. The zero-order valence-corrected chi connectivity index (χ0v) is 11.9. The van der Waals surface area contributed by atoms with Gasteiger partial charge in [-0.15, -0.1) is 0 Å². The van der Waals surface area contributed by atoms with Crippen molar-refractivity contribution in [2.75, 3.05) is 6.54 Å². The smallest absolute Gasteiger partial charge is 0.326 e. The second kappa shape index (κ2) is 8.99. The highest BCUT2D eigenvalue weighted by atomic mass is 16.4. The molecule has 0 saturated carbocycles. The number of nitrogens with one attached hydrogen (secondary N) is 2. The SMILES string of the molecule is O=C(O)CCC(NC(=O)NCCC1=CCCCC1)C(=O)O. The molecule has 0 aliphatic heterocycles. The van der Waals surface area contributed by atoms with Gasteiger partial charge in [-0.2, -0.15) is 0 Å². The fraction of sp³-hybridized carbons (Fsp3) is 0.643. The summed E-state index contributed by atoms with van der Waals surface area (Å²) in [4.78, 5) is 32.9. The molecule has 21 heavy (non-hydrogen) atoms. The van der Waals surface area contributed by atoms with Crippen molar-refractivity contribution < 1.29 is 24.6 Å². The van der Waals surface area contributed by atoms with E-state index >= 15 is 0 Å². The number of carboxylic acids is 2. The lowest BCUT2D eigenvalue weighted by molar-refractivity contribution is -0.140. The van der Waals surface area contributed by atoms with Crippen molar-refractivity contribution >= 4 is 18.0 Å². The van der Waals surface area contributed by atoms with Crippen LogP contribution in [0.4, 0.5) is 4.79 Å². The molecule has 0 fully saturated rings. The van der Waals surface area contributed by atoms with Crippen LogP contribution in [-0.4, -0.2) is 40.8 Å². The van der Waals surface area contributed by atoms with Gasteiger partial charge in [-0.05, 0) is 38.5 Å². The van der Waals surface area contributed by atoms with Crippen molar-refractivity contribution in [2.24, 2.45) is 0 Å². The van der Waals surface area contributed by atoms with E-state index in [9.17, 15) is 14.4 Å². The van der Waals surface area contributed by atoms with E-state index in [0.29, 0.717) is 6.54 Å². The molecular weight excluding hydrogens is 276 g/mol. The van der Waals surface area contributed by atoms with Crippen LogP contribution < -0.4 is 10.6 Å². The predicted molar refractivity (Wildman–Crippen MR) is 76.0 cm³/mol. The highest BCUT2D eigenvalue weighted by Gasteiger charge is 2.20. The summed E-state index contributed by atoms with van der Waals surface area (Å²) in [5.74, 6) is -2.32. The van der Waals surface area contributed by atoms with Crippen molar-refractivity contribution in [3.05, 3.63) is 11.6 Å². The number of urea groups is 1. The van der Waals surface area contributed by atoms with E-state index in [4.69, 9.17) is 10.2 Å². The first-order chi connectivity index (χ1) is 9.99. The topological polar surface area (TPSA) is 116 Å². The molecule has 7 heteroatoms. The molecule has 1 unspecified atom stereocenters. The van der Waals surface area contributed by atoms with Crippen molar-refractivity contribution in [3.63, 3.8) is 0 Å². The molecule has 0 aromatic heterocycles. The standard InChI is InChI=1S/C14H22N2O5/c17-12(18)7-6-11(13(19)20)16-14(21)15-9-8-10-4-2-1-3-5-10/h4,11H,1-3,5-9H2,(H,17,18)(H,19,20)(H2,15,16,21). The second-order valence-electron chi connectivity index (χ2n) is 5.08. The first kappa shape index (κ1) is 17.0. The summed E-state index contributed by atoms with van der Waals surface area (Å²) in [7, 11) is 0. The number of aliphatic carboxylic acids is 2. The van der Waals surface area contributed by atoms with Gasteiger partial charge in [0.05, 0.1) is 0 Å². The van der Waals surface area contributed by atoms with E-state index in [-0.39, 0.29) is 12.8 Å². The molecule has 0 heterocycles. The van der Waals surface area contributed by atoms with Gasteiger partial charge in [0.15, 0.2) is 0 Å². The molecule has 0 saturated heterocycles. The Morgan fingerprint density at radius 2 is 2.00 bits per heavy atom. The predicted octanol–water partition coefficient (Wildman–Crippen LogP) is 1.49. The first-order valence-electron chi connectivity index (χ1n) is 7.16. The Labute approximate surface area is 123 Å². The minimum atomic E-state index is -1.23. The van der Waals surface area contributed by atoms with E-state index in [1.165, 1.54) is 18.4 Å². The largest absolute Gasteiger partial charge is 0.481 e. The van der Waals surface area contributed by atoms with Crippen LogP contribution in [-0.2, 0) is 9.59 Å². The van der Waals surface area contributed by atoms with Gasteiger partial charge in [-0.25, -0.2) is 9.59 Å². The maximum atomic E-state index is 11.6. The van der Waals surface area contributed by atoms with E-state index in [1.54, 1.807) is 0 Å². The van der Waals surface area contributed by atoms with Gasteiger partial charge in [0.1, 0.15) is 6.04 Å². The number of carboxylic acid groups (broad SMARTS) is 2. The van der Waals surface area contributed by atoms with Crippen molar-refractivity contribution in [1.29, 1.82) is 0 Å². The Morgan fingerprint density at radius 3 is 2.57 bits per heavy atom. The second-order valence-corrected chi connectivity index (χ2v) is 5.08. The Kier molecular flexibility index (Phi) is 7.28. The van der Waals surface area contributed by atoms with E-state index in [2.05, 4.69) is 16.7 Å². The molecule has 1 aliphatic carbocycles. The number of carbonyl (C=O) groups is 3. The number of amides is 2. The molecule has 0 bridgehead atoms. The minimum Gasteiger partial charge on any atom is -0.481 e. The highest BCUT2D eigenvalue weighted by Crippen LogP contribution is 2.19. The molecular formula is C14H22N2O5. The Morgan fingerprint density at radius 1 is 1.24 bits per heavy atom. The number of hydrogen-bond donors (Lipinski definition) is 4. The molecule has 0 aromatic carbocycles. The first-order valence-corrected chi connectivity index (χ1v) is 7.16. The van der Waals surface area contributed by atoms with Gasteiger partial charge in [0.25, 0.3) is 0 Å². The van der Waals surface area contributed by atoms with Gasteiger partial charge in [-0.1, -0.05) is 11.6 Å². The maximum Gasteiger partial charge on any atom is 0.326 e. The molecule has 4 N–H and O–H groups in total. The van der Waals surface area contributed by atoms with Crippen LogP contribution in [0.15, 0.2) is 11.6 Å². The van der Waals surface area contributed by atoms with Crippen LogP contribution in [0.2, 0.25) is 0 Å². The molecule has 0 aromatic rings. The molecule has 0 radical (unpaired) electrons. The quantitative estimate of drug-likeness (QED) is 0.507. The van der Waals surface area contributed by atoms with Crippen LogP contribution in [0.25, 0.3) is 0 Å². The summed E-state index contributed by atoms with van der Waals surface area (Å²) in [5.41, 5.74) is 1.32.